The zero-order valence-corrected chi connectivity index (χ0v) is 10.2. The second kappa shape index (κ2) is 6.02. The van der Waals surface area contributed by atoms with Gasteiger partial charge < -0.3 is 0 Å². The predicted octanol–water partition coefficient (Wildman–Crippen LogP) is 2.47. The van der Waals surface area contributed by atoms with Crippen LogP contribution in [-0.4, -0.2) is 29.9 Å². The summed E-state index contributed by atoms with van der Waals surface area (Å²) in [4.78, 5) is 17.5. The topological polar surface area (TPSA) is 29.5 Å². The Kier molecular flexibility index (Phi) is 4.39. The fraction of sp³-hybridized carbons (Fsp3) is 0.417. The molecular weight excluding hydrogens is 241 g/mol. The molecule has 1 aliphatic heterocycles. The molecule has 92 valence electrons. The van der Waals surface area contributed by atoms with E-state index in [1.807, 2.05) is 0 Å². The van der Waals surface area contributed by atoms with E-state index in [-0.39, 0.29) is 17.5 Å². The molecule has 1 saturated heterocycles. The fourth-order valence-corrected chi connectivity index (χ4v) is 2.37. The van der Waals surface area contributed by atoms with Crippen LogP contribution in [0.25, 0.3) is 0 Å². The smallest absolute Gasteiger partial charge is 0.256 e. The van der Waals surface area contributed by atoms with Crippen molar-refractivity contribution < 1.29 is 14.0 Å². The van der Waals surface area contributed by atoms with Crippen molar-refractivity contribution in [2.45, 2.75) is 17.7 Å². The Morgan fingerprint density at radius 1 is 1.41 bits per heavy atom. The highest BCUT2D eigenvalue weighted by Gasteiger charge is 2.18. The number of halogens is 1. The quantitative estimate of drug-likeness (QED) is 0.777. The van der Waals surface area contributed by atoms with E-state index in [0.29, 0.717) is 18.0 Å². The van der Waals surface area contributed by atoms with Gasteiger partial charge in [0.25, 0.3) is 5.91 Å². The van der Waals surface area contributed by atoms with Crippen LogP contribution in [0, 0.1) is 5.82 Å². The average Bonchev–Trinajstić information content (AvgIpc) is 2.38. The molecule has 0 aliphatic carbocycles. The maximum atomic E-state index is 13.3. The van der Waals surface area contributed by atoms with Crippen LogP contribution < -0.4 is 0 Å². The molecule has 0 aromatic heterocycles. The van der Waals surface area contributed by atoms with Gasteiger partial charge in [0.1, 0.15) is 5.82 Å². The van der Waals surface area contributed by atoms with Gasteiger partial charge in [0, 0.05) is 11.4 Å². The SMILES string of the molecule is O=C(CSc1ccccc1F)N1CCCCO1. The molecule has 0 spiro atoms. The molecule has 1 aromatic rings. The number of rotatable bonds is 3. The highest BCUT2D eigenvalue weighted by atomic mass is 32.2. The minimum atomic E-state index is -0.287. The van der Waals surface area contributed by atoms with Gasteiger partial charge in [-0.05, 0) is 25.0 Å². The normalized spacial score (nSPS) is 15.9. The minimum absolute atomic E-state index is 0.0991. The molecule has 1 aromatic carbocycles. The molecule has 0 atom stereocenters. The van der Waals surface area contributed by atoms with Crippen molar-refractivity contribution in [3.8, 4) is 0 Å². The lowest BCUT2D eigenvalue weighted by Crippen LogP contribution is -2.36. The van der Waals surface area contributed by atoms with Crippen molar-refractivity contribution in [3.63, 3.8) is 0 Å². The zero-order valence-electron chi connectivity index (χ0n) is 9.39. The van der Waals surface area contributed by atoms with Gasteiger partial charge >= 0.3 is 0 Å². The van der Waals surface area contributed by atoms with Crippen LogP contribution in [0.1, 0.15) is 12.8 Å². The van der Waals surface area contributed by atoms with Gasteiger partial charge in [-0.2, -0.15) is 0 Å². The Hall–Kier alpha value is -1.07. The minimum Gasteiger partial charge on any atom is -0.272 e. The van der Waals surface area contributed by atoms with Gasteiger partial charge in [-0.3, -0.25) is 9.63 Å². The third-order valence-electron chi connectivity index (χ3n) is 2.47. The number of thioether (sulfide) groups is 1. The molecular formula is C12H14FNO2S. The first kappa shape index (κ1) is 12.4. The molecule has 1 amide bonds. The standard InChI is InChI=1S/C12H14FNO2S/c13-10-5-1-2-6-11(10)17-9-12(15)14-7-3-4-8-16-14/h1-2,5-6H,3-4,7-9H2. The van der Waals surface area contributed by atoms with Gasteiger partial charge in [0.05, 0.1) is 12.4 Å². The number of benzene rings is 1. The number of carbonyl (C=O) groups is 1. The highest BCUT2D eigenvalue weighted by Crippen LogP contribution is 2.21. The van der Waals surface area contributed by atoms with Crippen molar-refractivity contribution in [2.24, 2.45) is 0 Å². The molecule has 0 bridgehead atoms. The summed E-state index contributed by atoms with van der Waals surface area (Å²) < 4.78 is 13.3. The summed E-state index contributed by atoms with van der Waals surface area (Å²) in [5.41, 5.74) is 0. The van der Waals surface area contributed by atoms with E-state index in [1.54, 1.807) is 18.2 Å². The summed E-state index contributed by atoms with van der Waals surface area (Å²) >= 11 is 1.20. The second-order valence-electron chi connectivity index (χ2n) is 3.76. The van der Waals surface area contributed by atoms with Gasteiger partial charge in [-0.1, -0.05) is 12.1 Å². The Morgan fingerprint density at radius 2 is 2.24 bits per heavy atom. The lowest BCUT2D eigenvalue weighted by Gasteiger charge is -2.25. The maximum Gasteiger partial charge on any atom is 0.256 e. The number of amides is 1. The van der Waals surface area contributed by atoms with E-state index < -0.39 is 0 Å². The Labute approximate surface area is 104 Å². The van der Waals surface area contributed by atoms with E-state index in [0.717, 1.165) is 12.8 Å². The molecule has 3 nitrogen and oxygen atoms in total. The first-order valence-corrected chi connectivity index (χ1v) is 6.56. The molecule has 1 fully saturated rings. The van der Waals surface area contributed by atoms with Crippen LogP contribution in [0.5, 0.6) is 0 Å². The van der Waals surface area contributed by atoms with Crippen LogP contribution in [0.3, 0.4) is 0 Å². The number of hydrogen-bond donors (Lipinski definition) is 0. The number of hydrogen-bond acceptors (Lipinski definition) is 3. The first-order valence-electron chi connectivity index (χ1n) is 5.58. The number of nitrogens with zero attached hydrogens (tertiary/aromatic N) is 1. The Morgan fingerprint density at radius 3 is 2.94 bits per heavy atom. The molecule has 1 aliphatic rings. The van der Waals surface area contributed by atoms with Crippen LogP contribution in [0.4, 0.5) is 4.39 Å². The molecule has 0 saturated carbocycles. The number of carbonyl (C=O) groups excluding carboxylic acids is 1. The summed E-state index contributed by atoms with van der Waals surface area (Å²) in [6.07, 6.45) is 1.96. The van der Waals surface area contributed by atoms with Gasteiger partial charge in [0.15, 0.2) is 0 Å². The average molecular weight is 255 g/mol. The van der Waals surface area contributed by atoms with Gasteiger partial charge in [0.2, 0.25) is 0 Å². The molecule has 17 heavy (non-hydrogen) atoms. The summed E-state index contributed by atoms with van der Waals surface area (Å²) in [5.74, 6) is -0.177. The number of hydroxylamine groups is 2. The third kappa shape index (κ3) is 3.44. The molecule has 0 N–H and O–H groups in total. The summed E-state index contributed by atoms with van der Waals surface area (Å²) in [5, 5.41) is 1.39. The van der Waals surface area contributed by atoms with E-state index >= 15 is 0 Å². The van der Waals surface area contributed by atoms with Crippen molar-refractivity contribution in [1.29, 1.82) is 0 Å². The van der Waals surface area contributed by atoms with Crippen LogP contribution in [0.15, 0.2) is 29.2 Å². The van der Waals surface area contributed by atoms with Crippen LogP contribution >= 0.6 is 11.8 Å². The van der Waals surface area contributed by atoms with Crippen molar-refractivity contribution in [1.82, 2.24) is 5.06 Å². The zero-order chi connectivity index (χ0) is 12.1. The Balaban J connectivity index is 1.85. The Bertz CT molecular complexity index is 394. The maximum absolute atomic E-state index is 13.3. The van der Waals surface area contributed by atoms with Gasteiger partial charge in [-0.15, -0.1) is 11.8 Å². The monoisotopic (exact) mass is 255 g/mol. The molecule has 2 rings (SSSR count). The highest BCUT2D eigenvalue weighted by molar-refractivity contribution is 8.00. The van der Waals surface area contributed by atoms with E-state index in [4.69, 9.17) is 4.84 Å². The van der Waals surface area contributed by atoms with E-state index in [1.165, 1.54) is 22.9 Å². The summed E-state index contributed by atoms with van der Waals surface area (Å²) in [6.45, 7) is 1.23. The van der Waals surface area contributed by atoms with Crippen molar-refractivity contribution in [2.75, 3.05) is 18.9 Å². The largest absolute Gasteiger partial charge is 0.272 e. The van der Waals surface area contributed by atoms with Crippen LogP contribution in [0.2, 0.25) is 0 Å². The summed E-state index contributed by atoms with van der Waals surface area (Å²) in [7, 11) is 0. The van der Waals surface area contributed by atoms with Crippen LogP contribution in [-0.2, 0) is 9.63 Å². The lowest BCUT2D eigenvalue weighted by molar-refractivity contribution is -0.194. The predicted molar refractivity (Wildman–Crippen MR) is 64.0 cm³/mol. The third-order valence-corrected chi connectivity index (χ3v) is 3.50. The fourth-order valence-electron chi connectivity index (χ4n) is 1.57. The molecule has 0 radical (unpaired) electrons. The molecule has 5 heteroatoms. The molecule has 0 unspecified atom stereocenters. The second-order valence-corrected chi connectivity index (χ2v) is 4.77. The summed E-state index contributed by atoms with van der Waals surface area (Å²) in [6, 6.07) is 6.46. The lowest BCUT2D eigenvalue weighted by atomic mass is 10.3. The van der Waals surface area contributed by atoms with Gasteiger partial charge in [-0.25, -0.2) is 9.45 Å². The van der Waals surface area contributed by atoms with E-state index in [9.17, 15) is 9.18 Å². The van der Waals surface area contributed by atoms with E-state index in [2.05, 4.69) is 0 Å². The molecule has 1 heterocycles. The first-order chi connectivity index (χ1) is 8.27. The van der Waals surface area contributed by atoms with Crippen molar-refractivity contribution in [3.05, 3.63) is 30.1 Å². The van der Waals surface area contributed by atoms with Crippen molar-refractivity contribution >= 4 is 17.7 Å².